The Morgan fingerprint density at radius 3 is 2.72 bits per heavy atom. The maximum absolute atomic E-state index is 12.1. The Morgan fingerprint density at radius 1 is 1.21 bits per heavy atom. The molecule has 2 aromatic rings. The van der Waals surface area contributed by atoms with E-state index >= 15 is 0 Å². The van der Waals surface area contributed by atoms with Crippen LogP contribution in [0.4, 0.5) is 0 Å². The van der Waals surface area contributed by atoms with Gasteiger partial charge >= 0.3 is 5.97 Å². The first-order valence-corrected chi connectivity index (χ1v) is 11.2. The molecule has 6 nitrogen and oxygen atoms in total. The first-order valence-electron chi connectivity index (χ1n) is 11.2. The molecule has 2 bridgehead atoms. The minimum Gasteiger partial charge on any atom is -0.462 e. The number of rotatable bonds is 6. The van der Waals surface area contributed by atoms with E-state index in [2.05, 4.69) is 35.1 Å². The standard InChI is InChI=1S/C23H34N4O2/c1-5-26-21-10-7-17(23(28)29-6-2)13-20(21)24-22(26)15-25-12-11-18-8-9-19(14-25)27(18)16(3)4/h7,10,13,16,18-19H,5-6,8-9,11-12,14-15H2,1-4H3. The molecule has 2 aliphatic heterocycles. The van der Waals surface area contributed by atoms with Crippen molar-refractivity contribution < 1.29 is 9.53 Å². The van der Waals surface area contributed by atoms with Crippen molar-refractivity contribution in [2.45, 2.75) is 78.2 Å². The molecule has 0 spiro atoms. The summed E-state index contributed by atoms with van der Waals surface area (Å²) in [5, 5.41) is 0. The molecule has 3 heterocycles. The lowest BCUT2D eigenvalue weighted by Crippen LogP contribution is -2.43. The zero-order valence-electron chi connectivity index (χ0n) is 18.2. The van der Waals surface area contributed by atoms with E-state index in [0.717, 1.165) is 49.1 Å². The summed E-state index contributed by atoms with van der Waals surface area (Å²) >= 11 is 0. The number of hydrogen-bond donors (Lipinski definition) is 0. The minimum atomic E-state index is -0.278. The number of aromatic nitrogens is 2. The lowest BCUT2D eigenvalue weighted by atomic mass is 10.1. The molecule has 2 aliphatic rings. The number of nitrogens with zero attached hydrogens (tertiary/aromatic N) is 4. The summed E-state index contributed by atoms with van der Waals surface area (Å²) in [7, 11) is 0. The Bertz CT molecular complexity index is 875. The van der Waals surface area contributed by atoms with Crippen LogP contribution in [0.25, 0.3) is 11.0 Å². The third-order valence-electron chi connectivity index (χ3n) is 6.54. The molecular formula is C23H34N4O2. The van der Waals surface area contributed by atoms with E-state index in [-0.39, 0.29) is 5.97 Å². The molecule has 158 valence electrons. The van der Waals surface area contributed by atoms with E-state index in [4.69, 9.17) is 9.72 Å². The number of hydrogen-bond acceptors (Lipinski definition) is 5. The lowest BCUT2D eigenvalue weighted by molar-refractivity contribution is 0.0526. The van der Waals surface area contributed by atoms with Crippen LogP contribution in [-0.4, -0.2) is 63.1 Å². The molecule has 2 atom stereocenters. The van der Waals surface area contributed by atoms with E-state index in [1.165, 1.54) is 19.3 Å². The number of ether oxygens (including phenoxy) is 1. The highest BCUT2D eigenvalue weighted by Gasteiger charge is 2.38. The summed E-state index contributed by atoms with van der Waals surface area (Å²) in [6.07, 6.45) is 3.90. The van der Waals surface area contributed by atoms with Gasteiger partial charge in [-0.15, -0.1) is 0 Å². The van der Waals surface area contributed by atoms with Gasteiger partial charge in [-0.3, -0.25) is 9.80 Å². The van der Waals surface area contributed by atoms with Crippen molar-refractivity contribution in [3.8, 4) is 0 Å². The van der Waals surface area contributed by atoms with Crippen LogP contribution >= 0.6 is 0 Å². The van der Waals surface area contributed by atoms with Crippen molar-refractivity contribution in [3.05, 3.63) is 29.6 Å². The zero-order valence-corrected chi connectivity index (χ0v) is 18.2. The van der Waals surface area contributed by atoms with Crippen LogP contribution in [0.3, 0.4) is 0 Å². The number of imidazole rings is 1. The van der Waals surface area contributed by atoms with Crippen molar-refractivity contribution >= 4 is 17.0 Å². The van der Waals surface area contributed by atoms with Gasteiger partial charge < -0.3 is 9.30 Å². The number of aryl methyl sites for hydroxylation is 1. The van der Waals surface area contributed by atoms with Crippen LogP contribution in [0.5, 0.6) is 0 Å². The van der Waals surface area contributed by atoms with Gasteiger partial charge in [0.05, 0.1) is 29.7 Å². The number of esters is 1. The van der Waals surface area contributed by atoms with Gasteiger partial charge in [0.25, 0.3) is 0 Å². The highest BCUT2D eigenvalue weighted by molar-refractivity contribution is 5.93. The van der Waals surface area contributed by atoms with Gasteiger partial charge in [-0.25, -0.2) is 9.78 Å². The van der Waals surface area contributed by atoms with E-state index in [9.17, 15) is 4.79 Å². The third kappa shape index (κ3) is 3.92. The number of likely N-dealkylation sites (tertiary alicyclic amines) is 1. The smallest absolute Gasteiger partial charge is 0.338 e. The fourth-order valence-electron chi connectivity index (χ4n) is 5.36. The molecular weight excluding hydrogens is 364 g/mol. The van der Waals surface area contributed by atoms with Crippen LogP contribution in [0, 0.1) is 0 Å². The van der Waals surface area contributed by atoms with Crippen molar-refractivity contribution in [3.63, 3.8) is 0 Å². The molecule has 0 radical (unpaired) electrons. The van der Waals surface area contributed by atoms with Crippen molar-refractivity contribution in [2.75, 3.05) is 19.7 Å². The number of carbonyl (C=O) groups is 1. The Hall–Kier alpha value is -1.92. The molecule has 1 aromatic heterocycles. The molecule has 2 unspecified atom stereocenters. The second-order valence-electron chi connectivity index (χ2n) is 8.65. The topological polar surface area (TPSA) is 50.6 Å². The Morgan fingerprint density at radius 2 is 2.00 bits per heavy atom. The van der Waals surface area contributed by atoms with Crippen LogP contribution in [0.2, 0.25) is 0 Å². The molecule has 4 rings (SSSR count). The maximum Gasteiger partial charge on any atom is 0.338 e. The molecule has 1 aromatic carbocycles. The molecule has 2 fully saturated rings. The summed E-state index contributed by atoms with van der Waals surface area (Å²) in [4.78, 5) is 22.3. The van der Waals surface area contributed by atoms with Gasteiger partial charge in [0.15, 0.2) is 0 Å². The minimum absolute atomic E-state index is 0.278. The Labute approximate surface area is 173 Å². The highest BCUT2D eigenvalue weighted by atomic mass is 16.5. The average Bonchev–Trinajstić information content (AvgIpc) is 3.19. The summed E-state index contributed by atoms with van der Waals surface area (Å²) in [6, 6.07) is 7.75. The molecule has 0 saturated carbocycles. The summed E-state index contributed by atoms with van der Waals surface area (Å²) in [5.41, 5.74) is 2.55. The van der Waals surface area contributed by atoms with Crippen LogP contribution in [-0.2, 0) is 17.8 Å². The van der Waals surface area contributed by atoms with Crippen molar-refractivity contribution in [2.24, 2.45) is 0 Å². The monoisotopic (exact) mass is 398 g/mol. The Balaban J connectivity index is 1.56. The second kappa shape index (κ2) is 8.44. The normalized spacial score (nSPS) is 23.1. The average molecular weight is 399 g/mol. The molecule has 6 heteroatoms. The van der Waals surface area contributed by atoms with Crippen LogP contribution < -0.4 is 0 Å². The number of benzene rings is 1. The second-order valence-corrected chi connectivity index (χ2v) is 8.65. The summed E-state index contributed by atoms with van der Waals surface area (Å²) in [6.45, 7) is 13.0. The van der Waals surface area contributed by atoms with E-state index < -0.39 is 0 Å². The van der Waals surface area contributed by atoms with Gasteiger partial charge in [0, 0.05) is 37.8 Å². The molecule has 29 heavy (non-hydrogen) atoms. The van der Waals surface area contributed by atoms with Crippen LogP contribution in [0.1, 0.15) is 63.1 Å². The predicted molar refractivity (Wildman–Crippen MR) is 115 cm³/mol. The quantitative estimate of drug-likeness (QED) is 0.695. The summed E-state index contributed by atoms with van der Waals surface area (Å²) in [5.74, 6) is 0.816. The molecule has 0 aliphatic carbocycles. The van der Waals surface area contributed by atoms with Gasteiger partial charge in [-0.2, -0.15) is 0 Å². The predicted octanol–water partition coefficient (Wildman–Crippen LogP) is 3.68. The third-order valence-corrected chi connectivity index (χ3v) is 6.54. The van der Waals surface area contributed by atoms with Crippen LogP contribution in [0.15, 0.2) is 18.2 Å². The lowest BCUT2D eigenvalue weighted by Gasteiger charge is -2.32. The fourth-order valence-corrected chi connectivity index (χ4v) is 5.36. The van der Waals surface area contributed by atoms with Crippen molar-refractivity contribution in [1.82, 2.24) is 19.4 Å². The summed E-state index contributed by atoms with van der Waals surface area (Å²) < 4.78 is 7.43. The van der Waals surface area contributed by atoms with Gasteiger partial charge in [0.1, 0.15) is 5.82 Å². The van der Waals surface area contributed by atoms with E-state index in [0.29, 0.717) is 24.3 Å². The highest BCUT2D eigenvalue weighted by Crippen LogP contribution is 2.32. The first-order chi connectivity index (χ1) is 14.0. The number of carbonyl (C=O) groups excluding carboxylic acids is 1. The van der Waals surface area contributed by atoms with Crippen molar-refractivity contribution in [1.29, 1.82) is 0 Å². The largest absolute Gasteiger partial charge is 0.462 e. The van der Waals surface area contributed by atoms with Gasteiger partial charge in [0.2, 0.25) is 0 Å². The fraction of sp³-hybridized carbons (Fsp3) is 0.652. The SMILES string of the molecule is CCOC(=O)c1ccc2c(c1)nc(CN1CCC3CCC(C1)N3C(C)C)n2CC. The molecule has 0 N–H and O–H groups in total. The van der Waals surface area contributed by atoms with E-state index in [1.54, 1.807) is 0 Å². The zero-order chi connectivity index (χ0) is 20.5. The van der Waals surface area contributed by atoms with E-state index in [1.807, 2.05) is 25.1 Å². The molecule has 2 saturated heterocycles. The Kier molecular flexibility index (Phi) is 5.93. The van der Waals surface area contributed by atoms with Gasteiger partial charge in [-0.05, 0) is 65.2 Å². The first kappa shape index (κ1) is 20.4. The number of fused-ring (bicyclic) bond motifs is 3. The maximum atomic E-state index is 12.1. The van der Waals surface area contributed by atoms with Gasteiger partial charge in [-0.1, -0.05) is 0 Å². The molecule has 0 amide bonds.